The van der Waals surface area contributed by atoms with Crippen LogP contribution in [0.3, 0.4) is 0 Å². The van der Waals surface area contributed by atoms with Gasteiger partial charge in [-0.3, -0.25) is 4.79 Å². The lowest BCUT2D eigenvalue weighted by molar-refractivity contribution is -0.136. The summed E-state index contributed by atoms with van der Waals surface area (Å²) >= 11 is 0. The van der Waals surface area contributed by atoms with Gasteiger partial charge in [0.25, 0.3) is 5.56 Å². The molecule has 8 nitrogen and oxygen atoms in total. The lowest BCUT2D eigenvalue weighted by Crippen LogP contribution is -2.37. The van der Waals surface area contributed by atoms with Crippen LogP contribution in [-0.4, -0.2) is 37.5 Å². The van der Waals surface area contributed by atoms with Crippen molar-refractivity contribution in [3.05, 3.63) is 69.0 Å². The molecular weight excluding hydrogens is 424 g/mol. The standard InChI is InChI=1S/C25H30N2O6/c1-4-7-16-13-19-21(24(28)27(16)14-18-10-6-11-32-18)20(15-8-5-9-17(12-15)30-2)22(23(26)33-19)25(29)31-3/h5,8-9,12-13,18,20H,4,6-7,10-11,14,26H2,1-3H3. The first-order chi connectivity index (χ1) is 16.0. The number of aryl methyl sites for hydroxylation is 1. The second-order valence-corrected chi connectivity index (χ2v) is 8.30. The fourth-order valence-electron chi connectivity index (χ4n) is 4.64. The van der Waals surface area contributed by atoms with Crippen LogP contribution in [0.4, 0.5) is 0 Å². The summed E-state index contributed by atoms with van der Waals surface area (Å²) in [5.74, 6) is -0.500. The van der Waals surface area contributed by atoms with E-state index in [2.05, 4.69) is 6.92 Å². The van der Waals surface area contributed by atoms with Crippen LogP contribution in [0.5, 0.6) is 11.5 Å². The first-order valence-electron chi connectivity index (χ1n) is 11.3. The average molecular weight is 455 g/mol. The lowest BCUT2D eigenvalue weighted by atomic mass is 9.83. The van der Waals surface area contributed by atoms with Crippen molar-refractivity contribution in [3.63, 3.8) is 0 Å². The number of carbonyl (C=O) groups excluding carboxylic acids is 1. The number of hydrogen-bond donors (Lipinski definition) is 1. The zero-order chi connectivity index (χ0) is 23.5. The number of ether oxygens (including phenoxy) is 4. The van der Waals surface area contributed by atoms with Gasteiger partial charge in [-0.25, -0.2) is 4.79 Å². The van der Waals surface area contributed by atoms with E-state index >= 15 is 0 Å². The minimum atomic E-state index is -0.754. The Balaban J connectivity index is 1.94. The largest absolute Gasteiger partial charge is 0.497 e. The normalized spacial score (nSPS) is 19.7. The van der Waals surface area contributed by atoms with Gasteiger partial charge in [-0.15, -0.1) is 0 Å². The molecule has 0 aliphatic carbocycles. The molecule has 2 unspecified atom stereocenters. The Morgan fingerprint density at radius 2 is 2.09 bits per heavy atom. The number of nitrogens with zero attached hydrogens (tertiary/aromatic N) is 1. The van der Waals surface area contributed by atoms with E-state index < -0.39 is 11.9 Å². The van der Waals surface area contributed by atoms with Crippen LogP contribution in [0.25, 0.3) is 0 Å². The number of nitrogens with two attached hydrogens (primary N) is 1. The molecule has 1 aromatic carbocycles. The zero-order valence-corrected chi connectivity index (χ0v) is 19.3. The molecule has 2 aliphatic heterocycles. The van der Waals surface area contributed by atoms with Crippen LogP contribution >= 0.6 is 0 Å². The summed E-state index contributed by atoms with van der Waals surface area (Å²) < 4.78 is 23.8. The van der Waals surface area contributed by atoms with Gasteiger partial charge in [-0.1, -0.05) is 25.5 Å². The van der Waals surface area contributed by atoms with Crippen molar-refractivity contribution in [2.75, 3.05) is 20.8 Å². The van der Waals surface area contributed by atoms with Crippen LogP contribution in [0.1, 0.15) is 48.9 Å². The quantitative estimate of drug-likeness (QED) is 0.642. The number of methoxy groups -OCH3 is 2. The van der Waals surface area contributed by atoms with E-state index in [0.717, 1.165) is 25.0 Å². The van der Waals surface area contributed by atoms with E-state index in [-0.39, 0.29) is 23.1 Å². The minimum absolute atomic E-state index is 0.0168. The molecule has 1 aromatic heterocycles. The summed E-state index contributed by atoms with van der Waals surface area (Å²) in [4.78, 5) is 26.7. The Hall–Kier alpha value is -3.26. The third kappa shape index (κ3) is 4.35. The van der Waals surface area contributed by atoms with Crippen molar-refractivity contribution in [3.8, 4) is 11.5 Å². The van der Waals surface area contributed by atoms with Crippen LogP contribution in [0, 0.1) is 0 Å². The highest BCUT2D eigenvalue weighted by molar-refractivity contribution is 5.92. The van der Waals surface area contributed by atoms with Gasteiger partial charge in [-0.05, 0) is 37.0 Å². The molecule has 176 valence electrons. The summed E-state index contributed by atoms with van der Waals surface area (Å²) in [6.45, 7) is 3.22. The molecule has 2 atom stereocenters. The first kappa shape index (κ1) is 22.9. The number of pyridine rings is 1. The maximum atomic E-state index is 14.0. The number of aromatic nitrogens is 1. The Labute approximate surface area is 192 Å². The monoisotopic (exact) mass is 454 g/mol. The third-order valence-electron chi connectivity index (χ3n) is 6.20. The van der Waals surface area contributed by atoms with Crippen molar-refractivity contribution in [2.45, 2.75) is 51.2 Å². The second-order valence-electron chi connectivity index (χ2n) is 8.30. The number of benzene rings is 1. The van der Waals surface area contributed by atoms with Crippen LogP contribution in [0.15, 0.2) is 46.6 Å². The summed E-state index contributed by atoms with van der Waals surface area (Å²) in [6, 6.07) is 9.10. The molecular formula is C25H30N2O6. The van der Waals surface area contributed by atoms with Gasteiger partial charge in [0.2, 0.25) is 5.88 Å². The highest BCUT2D eigenvalue weighted by atomic mass is 16.5. The fourth-order valence-corrected chi connectivity index (χ4v) is 4.64. The Kier molecular flexibility index (Phi) is 6.74. The molecule has 0 bridgehead atoms. The lowest BCUT2D eigenvalue weighted by Gasteiger charge is -2.29. The number of rotatable bonds is 7. The van der Waals surface area contributed by atoms with E-state index in [1.54, 1.807) is 23.8 Å². The van der Waals surface area contributed by atoms with Crippen molar-refractivity contribution in [2.24, 2.45) is 5.73 Å². The Bertz CT molecular complexity index is 1130. The summed E-state index contributed by atoms with van der Waals surface area (Å²) in [5, 5.41) is 0. The highest BCUT2D eigenvalue weighted by Crippen LogP contribution is 2.42. The molecule has 0 radical (unpaired) electrons. The van der Waals surface area contributed by atoms with E-state index in [1.807, 2.05) is 18.2 Å². The minimum Gasteiger partial charge on any atom is -0.497 e. The Morgan fingerprint density at radius 1 is 1.27 bits per heavy atom. The van der Waals surface area contributed by atoms with E-state index in [1.165, 1.54) is 7.11 Å². The average Bonchev–Trinajstić information content (AvgIpc) is 3.33. The molecule has 1 saturated heterocycles. The molecule has 0 amide bonds. The predicted octanol–water partition coefficient (Wildman–Crippen LogP) is 2.86. The SMILES string of the molecule is CCCc1cc2c(c(=O)n1CC1CCCO1)C(c1cccc(OC)c1)C(C(=O)OC)=C(N)O2. The third-order valence-corrected chi connectivity index (χ3v) is 6.20. The molecule has 0 spiro atoms. The topological polar surface area (TPSA) is 102 Å². The van der Waals surface area contributed by atoms with Crippen LogP contribution in [0.2, 0.25) is 0 Å². The maximum absolute atomic E-state index is 14.0. The second kappa shape index (κ2) is 9.70. The maximum Gasteiger partial charge on any atom is 0.340 e. The smallest absolute Gasteiger partial charge is 0.340 e. The van der Waals surface area contributed by atoms with Gasteiger partial charge in [0.1, 0.15) is 17.1 Å². The van der Waals surface area contributed by atoms with Crippen molar-refractivity contribution in [1.82, 2.24) is 4.57 Å². The van der Waals surface area contributed by atoms with Crippen LogP contribution < -0.4 is 20.8 Å². The number of hydrogen-bond acceptors (Lipinski definition) is 7. The van der Waals surface area contributed by atoms with Gasteiger partial charge in [0.15, 0.2) is 0 Å². The fraction of sp³-hybridized carbons (Fsp3) is 0.440. The van der Waals surface area contributed by atoms with Gasteiger partial charge in [0.05, 0.1) is 38.3 Å². The molecule has 8 heteroatoms. The van der Waals surface area contributed by atoms with E-state index in [9.17, 15) is 9.59 Å². The predicted molar refractivity (Wildman–Crippen MR) is 122 cm³/mol. The summed E-state index contributed by atoms with van der Waals surface area (Å²) in [6.07, 6.45) is 3.44. The first-order valence-corrected chi connectivity index (χ1v) is 11.3. The zero-order valence-electron chi connectivity index (χ0n) is 19.3. The van der Waals surface area contributed by atoms with Gasteiger partial charge >= 0.3 is 5.97 Å². The number of esters is 1. The number of carbonyl (C=O) groups is 1. The molecule has 2 aliphatic rings. The van der Waals surface area contributed by atoms with Crippen molar-refractivity contribution in [1.29, 1.82) is 0 Å². The molecule has 0 saturated carbocycles. The van der Waals surface area contributed by atoms with Gasteiger partial charge < -0.3 is 29.2 Å². The van der Waals surface area contributed by atoms with E-state index in [4.69, 9.17) is 24.7 Å². The summed E-state index contributed by atoms with van der Waals surface area (Å²) in [7, 11) is 2.84. The van der Waals surface area contributed by atoms with Crippen LogP contribution in [-0.2, 0) is 27.2 Å². The van der Waals surface area contributed by atoms with Gasteiger partial charge in [-0.2, -0.15) is 0 Å². The van der Waals surface area contributed by atoms with Crippen molar-refractivity contribution < 1.29 is 23.7 Å². The molecule has 2 N–H and O–H groups in total. The highest BCUT2D eigenvalue weighted by Gasteiger charge is 2.38. The molecule has 4 rings (SSSR count). The molecule has 2 aromatic rings. The Morgan fingerprint density at radius 3 is 2.76 bits per heavy atom. The molecule has 33 heavy (non-hydrogen) atoms. The summed E-state index contributed by atoms with van der Waals surface area (Å²) in [5.41, 5.74) is 7.99. The molecule has 3 heterocycles. The van der Waals surface area contributed by atoms with E-state index in [0.29, 0.717) is 42.2 Å². The number of fused-ring (bicyclic) bond motifs is 1. The van der Waals surface area contributed by atoms with Gasteiger partial charge in [0, 0.05) is 18.4 Å². The molecule has 1 fully saturated rings. The van der Waals surface area contributed by atoms with Crippen molar-refractivity contribution >= 4 is 5.97 Å².